The molecule has 4 nitrogen and oxygen atoms in total. The second-order valence-electron chi connectivity index (χ2n) is 6.73. The van der Waals surface area contributed by atoms with E-state index >= 15 is 0 Å². The van der Waals surface area contributed by atoms with Gasteiger partial charge >= 0.3 is 0 Å². The van der Waals surface area contributed by atoms with Crippen LogP contribution < -0.4 is 5.32 Å². The molecule has 1 aliphatic rings. The SMILES string of the molecule is Cc1cccc(NC2(C)CCN(C(=O)/C=C/CN(C)C)C2)c1. The van der Waals surface area contributed by atoms with Crippen molar-refractivity contribution in [3.05, 3.63) is 42.0 Å². The Morgan fingerprint density at radius 1 is 1.45 bits per heavy atom. The Morgan fingerprint density at radius 2 is 2.23 bits per heavy atom. The molecular formula is C18H27N3O. The molecule has 1 aromatic carbocycles. The maximum Gasteiger partial charge on any atom is 0.246 e. The van der Waals surface area contributed by atoms with Gasteiger partial charge in [0.1, 0.15) is 0 Å². The van der Waals surface area contributed by atoms with E-state index in [1.807, 2.05) is 30.0 Å². The van der Waals surface area contributed by atoms with Gasteiger partial charge in [0.25, 0.3) is 0 Å². The van der Waals surface area contributed by atoms with Crippen LogP contribution in [0.1, 0.15) is 18.9 Å². The minimum Gasteiger partial charge on any atom is -0.378 e. The van der Waals surface area contributed by atoms with Gasteiger partial charge < -0.3 is 15.1 Å². The van der Waals surface area contributed by atoms with Gasteiger partial charge in [-0.25, -0.2) is 0 Å². The minimum absolute atomic E-state index is 0.0567. The highest BCUT2D eigenvalue weighted by molar-refractivity contribution is 5.88. The van der Waals surface area contributed by atoms with Gasteiger partial charge in [-0.05, 0) is 52.1 Å². The summed E-state index contributed by atoms with van der Waals surface area (Å²) in [5.74, 6) is 0.108. The Balaban J connectivity index is 1.93. The van der Waals surface area contributed by atoms with Crippen molar-refractivity contribution in [3.8, 4) is 0 Å². The Morgan fingerprint density at radius 3 is 2.91 bits per heavy atom. The highest BCUT2D eigenvalue weighted by atomic mass is 16.2. The monoisotopic (exact) mass is 301 g/mol. The zero-order valence-electron chi connectivity index (χ0n) is 14.1. The average molecular weight is 301 g/mol. The molecule has 4 heteroatoms. The zero-order chi connectivity index (χ0) is 16.2. The molecule has 22 heavy (non-hydrogen) atoms. The Bertz CT molecular complexity index is 553. The van der Waals surface area contributed by atoms with Crippen LogP contribution in [0, 0.1) is 6.92 Å². The number of carbonyl (C=O) groups excluding carboxylic acids is 1. The van der Waals surface area contributed by atoms with Gasteiger partial charge in [-0.2, -0.15) is 0 Å². The van der Waals surface area contributed by atoms with Crippen molar-refractivity contribution in [1.82, 2.24) is 9.80 Å². The van der Waals surface area contributed by atoms with Crippen molar-refractivity contribution in [2.24, 2.45) is 0 Å². The molecule has 0 aromatic heterocycles. The number of anilines is 1. The maximum absolute atomic E-state index is 12.2. The maximum atomic E-state index is 12.2. The van der Waals surface area contributed by atoms with E-state index in [0.29, 0.717) is 0 Å². The molecule has 1 aliphatic heterocycles. The smallest absolute Gasteiger partial charge is 0.246 e. The molecule has 1 saturated heterocycles. The summed E-state index contributed by atoms with van der Waals surface area (Å²) >= 11 is 0. The summed E-state index contributed by atoms with van der Waals surface area (Å²) in [7, 11) is 3.99. The number of amides is 1. The van der Waals surface area contributed by atoms with Gasteiger partial charge in [-0.15, -0.1) is 0 Å². The molecule has 0 saturated carbocycles. The molecule has 2 rings (SSSR count). The fourth-order valence-electron chi connectivity index (χ4n) is 2.79. The summed E-state index contributed by atoms with van der Waals surface area (Å²) < 4.78 is 0. The van der Waals surface area contributed by atoms with Crippen LogP contribution in [0.2, 0.25) is 0 Å². The van der Waals surface area contributed by atoms with Crippen LogP contribution in [0.3, 0.4) is 0 Å². The quantitative estimate of drug-likeness (QED) is 0.849. The standard InChI is InChI=1S/C18H27N3O/c1-15-7-5-8-16(13-15)19-18(2)10-12-21(14-18)17(22)9-6-11-20(3)4/h5-9,13,19H,10-12,14H2,1-4H3/b9-6+. The Hall–Kier alpha value is -1.81. The first-order chi connectivity index (χ1) is 10.4. The summed E-state index contributed by atoms with van der Waals surface area (Å²) in [6.07, 6.45) is 4.58. The first-order valence-corrected chi connectivity index (χ1v) is 7.83. The number of likely N-dealkylation sites (tertiary alicyclic amines) is 1. The van der Waals surface area contributed by atoms with Gasteiger partial charge in [0.15, 0.2) is 0 Å². The van der Waals surface area contributed by atoms with Crippen molar-refractivity contribution < 1.29 is 4.79 Å². The van der Waals surface area contributed by atoms with Crippen LogP contribution in [0.25, 0.3) is 0 Å². The second kappa shape index (κ2) is 6.97. The van der Waals surface area contributed by atoms with Gasteiger partial charge in [-0.1, -0.05) is 18.2 Å². The van der Waals surface area contributed by atoms with Crippen LogP contribution in [0.15, 0.2) is 36.4 Å². The van der Waals surface area contributed by atoms with E-state index in [4.69, 9.17) is 0 Å². The number of nitrogens with one attached hydrogen (secondary N) is 1. The first-order valence-electron chi connectivity index (χ1n) is 7.83. The highest BCUT2D eigenvalue weighted by Crippen LogP contribution is 2.26. The number of carbonyl (C=O) groups is 1. The molecular weight excluding hydrogens is 274 g/mol. The number of nitrogens with zero attached hydrogens (tertiary/aromatic N) is 2. The molecule has 1 unspecified atom stereocenters. The molecule has 0 spiro atoms. The third kappa shape index (κ3) is 4.60. The Kier molecular flexibility index (Phi) is 5.24. The number of benzene rings is 1. The molecule has 0 radical (unpaired) electrons. The number of rotatable bonds is 5. The normalized spacial score (nSPS) is 21.8. The van der Waals surface area contributed by atoms with E-state index in [2.05, 4.69) is 43.4 Å². The summed E-state index contributed by atoms with van der Waals surface area (Å²) in [6, 6.07) is 8.38. The Labute approximate surface area is 133 Å². The van der Waals surface area contributed by atoms with Crippen LogP contribution in [-0.2, 0) is 4.79 Å². The largest absolute Gasteiger partial charge is 0.378 e. The van der Waals surface area contributed by atoms with Crippen molar-refractivity contribution in [2.75, 3.05) is 39.0 Å². The lowest BCUT2D eigenvalue weighted by Gasteiger charge is -2.27. The molecule has 1 aromatic rings. The van der Waals surface area contributed by atoms with E-state index in [1.165, 1.54) is 5.56 Å². The van der Waals surface area contributed by atoms with Gasteiger partial charge in [0.05, 0.1) is 5.54 Å². The third-order valence-electron chi connectivity index (χ3n) is 3.98. The van der Waals surface area contributed by atoms with E-state index in [1.54, 1.807) is 6.08 Å². The lowest BCUT2D eigenvalue weighted by Crippen LogP contribution is -2.39. The lowest BCUT2D eigenvalue weighted by atomic mass is 10.0. The number of aryl methyl sites for hydroxylation is 1. The van der Waals surface area contributed by atoms with Crippen molar-refractivity contribution in [2.45, 2.75) is 25.8 Å². The summed E-state index contributed by atoms with van der Waals surface area (Å²) in [5.41, 5.74) is 2.31. The van der Waals surface area contributed by atoms with E-state index in [9.17, 15) is 4.79 Å². The van der Waals surface area contributed by atoms with Gasteiger partial charge in [0, 0.05) is 31.4 Å². The first kappa shape index (κ1) is 16.6. The lowest BCUT2D eigenvalue weighted by molar-refractivity contribution is -0.125. The topological polar surface area (TPSA) is 35.6 Å². The van der Waals surface area contributed by atoms with Crippen molar-refractivity contribution in [3.63, 3.8) is 0 Å². The fourth-order valence-corrected chi connectivity index (χ4v) is 2.79. The van der Waals surface area contributed by atoms with E-state index in [-0.39, 0.29) is 11.4 Å². The molecule has 1 fully saturated rings. The molecule has 120 valence electrons. The minimum atomic E-state index is -0.0567. The highest BCUT2D eigenvalue weighted by Gasteiger charge is 2.35. The summed E-state index contributed by atoms with van der Waals surface area (Å²) in [4.78, 5) is 16.2. The molecule has 1 atom stereocenters. The molecule has 0 bridgehead atoms. The van der Waals surface area contributed by atoms with E-state index in [0.717, 1.165) is 31.7 Å². The van der Waals surface area contributed by atoms with Crippen LogP contribution >= 0.6 is 0 Å². The number of hydrogen-bond acceptors (Lipinski definition) is 3. The second-order valence-corrected chi connectivity index (χ2v) is 6.73. The van der Waals surface area contributed by atoms with Crippen LogP contribution in [0.4, 0.5) is 5.69 Å². The summed E-state index contributed by atoms with van der Waals surface area (Å²) in [5, 5.41) is 3.59. The van der Waals surface area contributed by atoms with Crippen LogP contribution in [-0.4, -0.2) is 55.0 Å². The van der Waals surface area contributed by atoms with Gasteiger partial charge in [-0.3, -0.25) is 4.79 Å². The van der Waals surface area contributed by atoms with E-state index < -0.39 is 0 Å². The molecule has 0 aliphatic carbocycles. The molecule has 1 N–H and O–H groups in total. The molecule has 1 heterocycles. The van der Waals surface area contributed by atoms with Crippen molar-refractivity contribution in [1.29, 1.82) is 0 Å². The molecule has 1 amide bonds. The summed E-state index contributed by atoms with van der Waals surface area (Å²) in [6.45, 7) is 6.62. The fraction of sp³-hybridized carbons (Fsp3) is 0.500. The number of likely N-dealkylation sites (N-methyl/N-ethyl adjacent to an activating group) is 1. The predicted octanol–water partition coefficient (Wildman–Crippen LogP) is 2.52. The van der Waals surface area contributed by atoms with Crippen molar-refractivity contribution >= 4 is 11.6 Å². The third-order valence-corrected chi connectivity index (χ3v) is 3.98. The van der Waals surface area contributed by atoms with Crippen LogP contribution in [0.5, 0.6) is 0 Å². The zero-order valence-corrected chi connectivity index (χ0v) is 14.1. The average Bonchev–Trinajstić information content (AvgIpc) is 2.80. The van der Waals surface area contributed by atoms with Gasteiger partial charge in [0.2, 0.25) is 5.91 Å². The number of hydrogen-bond donors (Lipinski definition) is 1. The predicted molar refractivity (Wildman–Crippen MR) is 92.1 cm³/mol.